The van der Waals surface area contributed by atoms with Crippen LogP contribution in [0.25, 0.3) is 0 Å². The lowest BCUT2D eigenvalue weighted by Gasteiger charge is -2.21. The van der Waals surface area contributed by atoms with Gasteiger partial charge in [-0.05, 0) is 38.1 Å². The molecule has 1 fully saturated rings. The highest BCUT2D eigenvalue weighted by atomic mass is 35.5. The quantitative estimate of drug-likeness (QED) is 0.898. The van der Waals surface area contributed by atoms with Gasteiger partial charge >= 0.3 is 0 Å². The van der Waals surface area contributed by atoms with Gasteiger partial charge in [-0.2, -0.15) is 0 Å². The number of hydrogen-bond acceptors (Lipinski definition) is 2. The van der Waals surface area contributed by atoms with Crippen molar-refractivity contribution >= 4 is 24.0 Å². The first-order chi connectivity index (χ1) is 8.66. The number of alkyl halides is 2. The van der Waals surface area contributed by atoms with Gasteiger partial charge in [0.25, 0.3) is 6.43 Å². The predicted molar refractivity (Wildman–Crippen MR) is 72.9 cm³/mol. The van der Waals surface area contributed by atoms with Crippen molar-refractivity contribution in [2.45, 2.75) is 19.3 Å². The van der Waals surface area contributed by atoms with Crippen molar-refractivity contribution in [3.05, 3.63) is 29.8 Å². The highest BCUT2D eigenvalue weighted by Crippen LogP contribution is 2.22. The summed E-state index contributed by atoms with van der Waals surface area (Å²) < 4.78 is 25.0. The van der Waals surface area contributed by atoms with E-state index in [-0.39, 0.29) is 29.8 Å². The first kappa shape index (κ1) is 15.9. The Balaban J connectivity index is 0.00000180. The zero-order valence-corrected chi connectivity index (χ0v) is 11.2. The maximum Gasteiger partial charge on any atom is 0.263 e. The van der Waals surface area contributed by atoms with Crippen LogP contribution in [0.5, 0.6) is 0 Å². The third kappa shape index (κ3) is 4.44. The van der Waals surface area contributed by atoms with Crippen molar-refractivity contribution in [2.24, 2.45) is 5.92 Å². The molecule has 0 atom stereocenters. The molecule has 0 saturated carbocycles. The van der Waals surface area contributed by atoms with Gasteiger partial charge in [0, 0.05) is 17.2 Å². The topological polar surface area (TPSA) is 41.1 Å². The fraction of sp³-hybridized carbons (Fsp3) is 0.462. The van der Waals surface area contributed by atoms with Crippen LogP contribution in [0.1, 0.15) is 24.8 Å². The summed E-state index contributed by atoms with van der Waals surface area (Å²) >= 11 is 0. The molecule has 1 amide bonds. The van der Waals surface area contributed by atoms with E-state index in [1.165, 1.54) is 18.2 Å². The summed E-state index contributed by atoms with van der Waals surface area (Å²) in [5.41, 5.74) is 0.370. The minimum Gasteiger partial charge on any atom is -0.326 e. The molecule has 1 aliphatic rings. The molecule has 2 rings (SSSR count). The normalized spacial score (nSPS) is 15.9. The van der Waals surface area contributed by atoms with Crippen LogP contribution < -0.4 is 10.6 Å². The van der Waals surface area contributed by atoms with E-state index < -0.39 is 6.43 Å². The smallest absolute Gasteiger partial charge is 0.263 e. The molecule has 0 aliphatic carbocycles. The molecule has 3 nitrogen and oxygen atoms in total. The molecule has 0 unspecified atom stereocenters. The van der Waals surface area contributed by atoms with Crippen LogP contribution >= 0.6 is 12.4 Å². The predicted octanol–water partition coefficient (Wildman–Crippen LogP) is 2.98. The molecule has 0 aromatic heterocycles. The summed E-state index contributed by atoms with van der Waals surface area (Å²) in [7, 11) is 0. The molecule has 1 aliphatic heterocycles. The Morgan fingerprint density at radius 2 is 2.00 bits per heavy atom. The van der Waals surface area contributed by atoms with Crippen molar-refractivity contribution in [3.63, 3.8) is 0 Å². The fourth-order valence-corrected chi connectivity index (χ4v) is 2.08. The molecule has 19 heavy (non-hydrogen) atoms. The Morgan fingerprint density at radius 3 is 2.63 bits per heavy atom. The van der Waals surface area contributed by atoms with Crippen LogP contribution in [0.4, 0.5) is 14.5 Å². The minimum atomic E-state index is -2.51. The Hall–Kier alpha value is -1.20. The molecule has 106 valence electrons. The second-order valence-electron chi connectivity index (χ2n) is 4.44. The molecule has 1 aromatic rings. The van der Waals surface area contributed by atoms with E-state index in [9.17, 15) is 13.6 Å². The summed E-state index contributed by atoms with van der Waals surface area (Å²) in [6.07, 6.45) is -0.929. The van der Waals surface area contributed by atoms with Gasteiger partial charge in [0.2, 0.25) is 5.91 Å². The van der Waals surface area contributed by atoms with Crippen molar-refractivity contribution in [3.8, 4) is 0 Å². The van der Waals surface area contributed by atoms with Gasteiger partial charge in [0.15, 0.2) is 0 Å². The number of carbonyl (C=O) groups excluding carboxylic acids is 1. The second kappa shape index (κ2) is 7.40. The number of amides is 1. The van der Waals surface area contributed by atoms with E-state index in [1.807, 2.05) is 0 Å². The summed E-state index contributed by atoms with van der Waals surface area (Å²) in [6.45, 7) is 1.66. The Bertz CT molecular complexity index is 423. The first-order valence-corrected chi connectivity index (χ1v) is 6.06. The lowest BCUT2D eigenvalue weighted by molar-refractivity contribution is -0.120. The van der Waals surface area contributed by atoms with Crippen molar-refractivity contribution in [2.75, 3.05) is 18.4 Å². The summed E-state index contributed by atoms with van der Waals surface area (Å²) in [4.78, 5) is 11.9. The third-order valence-corrected chi connectivity index (χ3v) is 3.12. The van der Waals surface area contributed by atoms with E-state index in [0.29, 0.717) is 5.69 Å². The highest BCUT2D eigenvalue weighted by Gasteiger charge is 2.21. The zero-order valence-electron chi connectivity index (χ0n) is 10.4. The van der Waals surface area contributed by atoms with Crippen LogP contribution in [0, 0.1) is 5.92 Å². The Kier molecular flexibility index (Phi) is 6.18. The largest absolute Gasteiger partial charge is 0.326 e. The van der Waals surface area contributed by atoms with Gasteiger partial charge in [-0.25, -0.2) is 8.78 Å². The molecular weight excluding hydrogens is 274 g/mol. The molecule has 6 heteroatoms. The molecular formula is C13H17ClF2N2O. The zero-order chi connectivity index (χ0) is 13.0. The van der Waals surface area contributed by atoms with Gasteiger partial charge in [-0.1, -0.05) is 12.1 Å². The van der Waals surface area contributed by atoms with Crippen LogP contribution in [-0.2, 0) is 4.79 Å². The second-order valence-corrected chi connectivity index (χ2v) is 4.44. The van der Waals surface area contributed by atoms with Crippen molar-refractivity contribution < 1.29 is 13.6 Å². The molecule has 0 bridgehead atoms. The Morgan fingerprint density at radius 1 is 1.32 bits per heavy atom. The number of hydrogen-bond donors (Lipinski definition) is 2. The minimum absolute atomic E-state index is 0. The molecule has 0 radical (unpaired) electrons. The van der Waals surface area contributed by atoms with Crippen LogP contribution in [0.2, 0.25) is 0 Å². The maximum absolute atomic E-state index is 12.5. The third-order valence-electron chi connectivity index (χ3n) is 3.12. The van der Waals surface area contributed by atoms with Crippen molar-refractivity contribution in [1.29, 1.82) is 0 Å². The fourth-order valence-electron chi connectivity index (χ4n) is 2.08. The van der Waals surface area contributed by atoms with E-state index in [2.05, 4.69) is 10.6 Å². The molecule has 2 N–H and O–H groups in total. The standard InChI is InChI=1S/C13H16F2N2O.ClH/c14-12(15)10-2-1-3-11(8-10)17-13(18)9-4-6-16-7-5-9;/h1-3,8-9,12,16H,4-7H2,(H,17,18);1H. The van der Waals surface area contributed by atoms with Crippen molar-refractivity contribution in [1.82, 2.24) is 5.32 Å². The highest BCUT2D eigenvalue weighted by molar-refractivity contribution is 5.92. The molecule has 1 saturated heterocycles. The maximum atomic E-state index is 12.5. The van der Waals surface area contributed by atoms with Crippen LogP contribution in [0.15, 0.2) is 24.3 Å². The molecule has 0 spiro atoms. The average Bonchev–Trinajstić information content (AvgIpc) is 2.40. The Labute approximate surface area is 117 Å². The van der Waals surface area contributed by atoms with Crippen LogP contribution in [-0.4, -0.2) is 19.0 Å². The number of piperidine rings is 1. The lowest BCUT2D eigenvalue weighted by atomic mass is 9.97. The summed E-state index contributed by atoms with van der Waals surface area (Å²) in [6, 6.07) is 5.83. The van der Waals surface area contributed by atoms with Gasteiger partial charge < -0.3 is 10.6 Å². The van der Waals surface area contributed by atoms with Gasteiger partial charge in [0.05, 0.1) is 0 Å². The number of nitrogens with one attached hydrogen (secondary N) is 2. The van der Waals surface area contributed by atoms with E-state index >= 15 is 0 Å². The number of rotatable bonds is 3. The SMILES string of the molecule is Cl.O=C(Nc1cccc(C(F)F)c1)C1CCNCC1. The average molecular weight is 291 g/mol. The number of carbonyl (C=O) groups is 1. The van der Waals surface area contributed by atoms with Gasteiger partial charge in [-0.15, -0.1) is 12.4 Å². The molecule has 1 heterocycles. The lowest BCUT2D eigenvalue weighted by Crippen LogP contribution is -2.34. The molecule has 1 aromatic carbocycles. The monoisotopic (exact) mass is 290 g/mol. The van der Waals surface area contributed by atoms with E-state index in [0.717, 1.165) is 25.9 Å². The number of anilines is 1. The van der Waals surface area contributed by atoms with E-state index in [1.54, 1.807) is 6.07 Å². The first-order valence-electron chi connectivity index (χ1n) is 6.06. The number of benzene rings is 1. The van der Waals surface area contributed by atoms with Crippen LogP contribution in [0.3, 0.4) is 0 Å². The number of halogens is 3. The summed E-state index contributed by atoms with van der Waals surface area (Å²) in [5.74, 6) is -0.107. The summed E-state index contributed by atoms with van der Waals surface area (Å²) in [5, 5.41) is 5.89. The van der Waals surface area contributed by atoms with E-state index in [4.69, 9.17) is 0 Å². The van der Waals surface area contributed by atoms with Gasteiger partial charge in [0.1, 0.15) is 0 Å². The van der Waals surface area contributed by atoms with Gasteiger partial charge in [-0.3, -0.25) is 4.79 Å².